The minimum atomic E-state index is 0.0252. The van der Waals surface area contributed by atoms with Gasteiger partial charge in [0.05, 0.1) is 5.69 Å². The van der Waals surface area contributed by atoms with Gasteiger partial charge in [-0.3, -0.25) is 4.79 Å². The SMILES string of the molecule is COCOc1ccc(-c2ccc(C)c(=O)n2C)cc1. The number of aryl methyl sites for hydroxylation is 1. The lowest BCUT2D eigenvalue weighted by Crippen LogP contribution is -2.20. The Morgan fingerprint density at radius 2 is 1.79 bits per heavy atom. The summed E-state index contributed by atoms with van der Waals surface area (Å²) in [7, 11) is 3.36. The number of nitrogens with zero attached hydrogens (tertiary/aromatic N) is 1. The highest BCUT2D eigenvalue weighted by Crippen LogP contribution is 2.21. The summed E-state index contributed by atoms with van der Waals surface area (Å²) in [6, 6.07) is 11.4. The highest BCUT2D eigenvalue weighted by molar-refractivity contribution is 5.60. The molecule has 0 atom stereocenters. The summed E-state index contributed by atoms with van der Waals surface area (Å²) >= 11 is 0. The molecule has 0 aliphatic heterocycles. The van der Waals surface area contributed by atoms with E-state index in [4.69, 9.17) is 9.47 Å². The van der Waals surface area contributed by atoms with Gasteiger partial charge >= 0.3 is 0 Å². The number of benzene rings is 1. The van der Waals surface area contributed by atoms with Crippen molar-refractivity contribution in [2.24, 2.45) is 7.05 Å². The van der Waals surface area contributed by atoms with Gasteiger partial charge in [0.25, 0.3) is 5.56 Å². The molecular formula is C15H17NO3. The average molecular weight is 259 g/mol. The van der Waals surface area contributed by atoms with E-state index in [0.29, 0.717) is 0 Å². The number of hydrogen-bond acceptors (Lipinski definition) is 3. The second-order valence-corrected chi connectivity index (χ2v) is 4.34. The third-order valence-corrected chi connectivity index (χ3v) is 2.99. The van der Waals surface area contributed by atoms with Crippen molar-refractivity contribution in [3.05, 3.63) is 52.3 Å². The zero-order valence-electron chi connectivity index (χ0n) is 11.3. The van der Waals surface area contributed by atoms with Crippen LogP contribution in [0.2, 0.25) is 0 Å². The van der Waals surface area contributed by atoms with E-state index in [0.717, 1.165) is 22.6 Å². The van der Waals surface area contributed by atoms with E-state index >= 15 is 0 Å². The molecule has 1 heterocycles. The van der Waals surface area contributed by atoms with Crippen LogP contribution in [0.5, 0.6) is 5.75 Å². The van der Waals surface area contributed by atoms with Crippen molar-refractivity contribution in [2.45, 2.75) is 6.92 Å². The molecule has 0 fully saturated rings. The minimum Gasteiger partial charge on any atom is -0.468 e. The van der Waals surface area contributed by atoms with Gasteiger partial charge in [-0.15, -0.1) is 0 Å². The van der Waals surface area contributed by atoms with Crippen LogP contribution in [0, 0.1) is 6.92 Å². The normalized spacial score (nSPS) is 10.5. The highest BCUT2D eigenvalue weighted by Gasteiger charge is 2.05. The second kappa shape index (κ2) is 5.71. The van der Waals surface area contributed by atoms with Crippen molar-refractivity contribution in [3.8, 4) is 17.0 Å². The molecule has 0 radical (unpaired) electrons. The summed E-state index contributed by atoms with van der Waals surface area (Å²) in [4.78, 5) is 11.9. The van der Waals surface area contributed by atoms with Crippen LogP contribution >= 0.6 is 0 Å². The smallest absolute Gasteiger partial charge is 0.253 e. The maximum absolute atomic E-state index is 11.9. The first-order chi connectivity index (χ1) is 9.13. The van der Waals surface area contributed by atoms with Gasteiger partial charge in [-0.05, 0) is 42.8 Å². The van der Waals surface area contributed by atoms with Crippen molar-refractivity contribution in [3.63, 3.8) is 0 Å². The van der Waals surface area contributed by atoms with E-state index in [1.807, 2.05) is 43.3 Å². The first kappa shape index (κ1) is 13.4. The molecule has 0 saturated carbocycles. The third kappa shape index (κ3) is 2.85. The van der Waals surface area contributed by atoms with Gasteiger partial charge in [-0.1, -0.05) is 6.07 Å². The van der Waals surface area contributed by atoms with Crippen molar-refractivity contribution >= 4 is 0 Å². The fourth-order valence-corrected chi connectivity index (χ4v) is 1.90. The molecule has 1 aromatic heterocycles. The molecule has 0 unspecified atom stereocenters. The van der Waals surface area contributed by atoms with Crippen molar-refractivity contribution in [1.29, 1.82) is 0 Å². The van der Waals surface area contributed by atoms with Crippen molar-refractivity contribution in [1.82, 2.24) is 4.57 Å². The molecule has 0 spiro atoms. The number of hydrogen-bond donors (Lipinski definition) is 0. The zero-order chi connectivity index (χ0) is 13.8. The summed E-state index contributed by atoms with van der Waals surface area (Å²) in [5.41, 5.74) is 2.63. The topological polar surface area (TPSA) is 40.5 Å². The minimum absolute atomic E-state index is 0.0252. The molecule has 2 aromatic rings. The van der Waals surface area contributed by atoms with E-state index in [1.54, 1.807) is 18.7 Å². The quantitative estimate of drug-likeness (QED) is 0.791. The molecule has 1 aromatic carbocycles. The summed E-state index contributed by atoms with van der Waals surface area (Å²) in [5.74, 6) is 0.739. The lowest BCUT2D eigenvalue weighted by Gasteiger charge is -2.10. The Morgan fingerprint density at radius 1 is 1.11 bits per heavy atom. The van der Waals surface area contributed by atoms with Gasteiger partial charge in [-0.2, -0.15) is 0 Å². The van der Waals surface area contributed by atoms with E-state index in [2.05, 4.69) is 0 Å². The molecular weight excluding hydrogens is 242 g/mol. The Hall–Kier alpha value is -2.07. The van der Waals surface area contributed by atoms with Gasteiger partial charge in [0.1, 0.15) is 5.75 Å². The highest BCUT2D eigenvalue weighted by atomic mass is 16.7. The summed E-state index contributed by atoms with van der Waals surface area (Å²) in [5, 5.41) is 0. The van der Waals surface area contributed by atoms with E-state index in [-0.39, 0.29) is 12.4 Å². The lowest BCUT2D eigenvalue weighted by atomic mass is 10.1. The molecule has 19 heavy (non-hydrogen) atoms. The fraction of sp³-hybridized carbons (Fsp3) is 0.267. The van der Waals surface area contributed by atoms with Gasteiger partial charge < -0.3 is 14.0 Å². The maximum atomic E-state index is 11.9. The summed E-state index contributed by atoms with van der Waals surface area (Å²) in [6.07, 6.45) is 0. The predicted octanol–water partition coefficient (Wildman–Crippen LogP) is 2.34. The second-order valence-electron chi connectivity index (χ2n) is 4.34. The van der Waals surface area contributed by atoms with Gasteiger partial charge in [0.2, 0.25) is 0 Å². The van der Waals surface area contributed by atoms with Crippen LogP contribution < -0.4 is 10.3 Å². The standard InChI is InChI=1S/C15H17NO3/c1-11-4-9-14(16(2)15(11)17)12-5-7-13(8-6-12)19-10-18-3/h4-9H,10H2,1-3H3. The van der Waals surface area contributed by atoms with Crippen LogP contribution in [0.15, 0.2) is 41.2 Å². The van der Waals surface area contributed by atoms with Crippen molar-refractivity contribution < 1.29 is 9.47 Å². The Labute approximate surface area is 112 Å². The molecule has 0 bridgehead atoms. The average Bonchev–Trinajstić information content (AvgIpc) is 2.44. The summed E-state index contributed by atoms with van der Waals surface area (Å²) in [6.45, 7) is 2.04. The van der Waals surface area contributed by atoms with E-state index in [1.165, 1.54) is 0 Å². The van der Waals surface area contributed by atoms with E-state index in [9.17, 15) is 4.79 Å². The molecule has 0 saturated heterocycles. The van der Waals surface area contributed by atoms with Gasteiger partial charge in [0.15, 0.2) is 6.79 Å². The van der Waals surface area contributed by atoms with Gasteiger partial charge in [0, 0.05) is 19.7 Å². The monoisotopic (exact) mass is 259 g/mol. The molecule has 0 aliphatic rings. The molecule has 100 valence electrons. The zero-order valence-corrected chi connectivity index (χ0v) is 11.3. The number of pyridine rings is 1. The van der Waals surface area contributed by atoms with Crippen LogP contribution in [-0.4, -0.2) is 18.5 Å². The Balaban J connectivity index is 2.32. The number of aromatic nitrogens is 1. The molecule has 0 amide bonds. The molecule has 0 N–H and O–H groups in total. The number of methoxy groups -OCH3 is 1. The third-order valence-electron chi connectivity index (χ3n) is 2.99. The predicted molar refractivity (Wildman–Crippen MR) is 74.4 cm³/mol. The molecule has 4 heteroatoms. The Bertz CT molecular complexity index is 614. The first-order valence-corrected chi connectivity index (χ1v) is 6.02. The van der Waals surface area contributed by atoms with Crippen molar-refractivity contribution in [2.75, 3.05) is 13.9 Å². The van der Waals surface area contributed by atoms with Crippen LogP contribution in [0.1, 0.15) is 5.56 Å². The largest absolute Gasteiger partial charge is 0.468 e. The van der Waals surface area contributed by atoms with Crippen LogP contribution in [-0.2, 0) is 11.8 Å². The van der Waals surface area contributed by atoms with Crippen LogP contribution in [0.25, 0.3) is 11.3 Å². The Kier molecular flexibility index (Phi) is 4.02. The van der Waals surface area contributed by atoms with Crippen LogP contribution in [0.4, 0.5) is 0 Å². The molecule has 0 aliphatic carbocycles. The number of rotatable bonds is 4. The fourth-order valence-electron chi connectivity index (χ4n) is 1.90. The van der Waals surface area contributed by atoms with Gasteiger partial charge in [-0.25, -0.2) is 0 Å². The lowest BCUT2D eigenvalue weighted by molar-refractivity contribution is 0.0511. The Morgan fingerprint density at radius 3 is 2.42 bits per heavy atom. The van der Waals surface area contributed by atoms with E-state index < -0.39 is 0 Å². The maximum Gasteiger partial charge on any atom is 0.253 e. The molecule has 4 nitrogen and oxygen atoms in total. The molecule has 2 rings (SSSR count). The first-order valence-electron chi connectivity index (χ1n) is 6.02. The summed E-state index contributed by atoms with van der Waals surface area (Å²) < 4.78 is 11.8. The van der Waals surface area contributed by atoms with Crippen LogP contribution in [0.3, 0.4) is 0 Å². The number of ether oxygens (including phenoxy) is 2.